The zero-order valence-electron chi connectivity index (χ0n) is 20.6. The number of nitrogens with zero attached hydrogens (tertiary/aromatic N) is 4. The lowest BCUT2D eigenvalue weighted by molar-refractivity contribution is -0.116. The summed E-state index contributed by atoms with van der Waals surface area (Å²) in [5.74, 6) is 0.0821. The van der Waals surface area contributed by atoms with Gasteiger partial charge in [0.25, 0.3) is 0 Å². The fourth-order valence-corrected chi connectivity index (χ4v) is 5.24. The Labute approximate surface area is 220 Å². The average molecular weight is 515 g/mol. The molecule has 1 aliphatic heterocycles. The summed E-state index contributed by atoms with van der Waals surface area (Å²) in [6.07, 6.45) is 3.68. The topological polar surface area (TPSA) is 75.1 Å². The zero-order chi connectivity index (χ0) is 25.9. The monoisotopic (exact) mass is 514 g/mol. The number of halogens is 1. The average Bonchev–Trinajstić information content (AvgIpc) is 3.39. The second-order valence-electron chi connectivity index (χ2n) is 8.95. The molecule has 7 nitrogen and oxygen atoms in total. The van der Waals surface area contributed by atoms with Crippen LogP contribution < -0.4 is 10.6 Å². The van der Waals surface area contributed by atoms with Crippen LogP contribution in [0.3, 0.4) is 0 Å². The largest absolute Gasteiger partial charge is 0.352 e. The van der Waals surface area contributed by atoms with Crippen molar-refractivity contribution >= 4 is 28.9 Å². The molecule has 1 aliphatic rings. The van der Waals surface area contributed by atoms with Gasteiger partial charge < -0.3 is 20.1 Å². The van der Waals surface area contributed by atoms with Gasteiger partial charge in [-0.3, -0.25) is 9.78 Å². The van der Waals surface area contributed by atoms with Gasteiger partial charge in [-0.25, -0.2) is 9.37 Å². The number of nitrogens with one attached hydrogen (secondary N) is 2. The highest BCUT2D eigenvalue weighted by Crippen LogP contribution is 2.41. The number of rotatable bonds is 7. The second kappa shape index (κ2) is 10.5. The van der Waals surface area contributed by atoms with Crippen LogP contribution in [0.1, 0.15) is 41.1 Å². The van der Waals surface area contributed by atoms with Crippen molar-refractivity contribution < 1.29 is 9.18 Å². The molecule has 1 aromatic carbocycles. The SMILES string of the molecule is Cc1cc([C@@H]2[C@@H](c3ccccn3)NC(=S)N2CCC(=O)Nc2ccccc2F)c(C)n1-c1ccccn1. The Hall–Kier alpha value is -4.11. The van der Waals surface area contributed by atoms with Gasteiger partial charge in [-0.15, -0.1) is 0 Å². The van der Waals surface area contributed by atoms with E-state index in [1.54, 1.807) is 30.6 Å². The summed E-state index contributed by atoms with van der Waals surface area (Å²) in [5, 5.41) is 6.63. The van der Waals surface area contributed by atoms with Crippen molar-refractivity contribution in [2.75, 3.05) is 11.9 Å². The molecule has 1 fully saturated rings. The van der Waals surface area contributed by atoms with Crippen LogP contribution >= 0.6 is 12.2 Å². The molecule has 0 unspecified atom stereocenters. The number of carbonyl (C=O) groups is 1. The van der Waals surface area contributed by atoms with E-state index in [4.69, 9.17) is 12.2 Å². The van der Waals surface area contributed by atoms with Gasteiger partial charge in [-0.2, -0.15) is 0 Å². The van der Waals surface area contributed by atoms with Gasteiger partial charge in [0, 0.05) is 36.7 Å². The van der Waals surface area contributed by atoms with E-state index in [9.17, 15) is 9.18 Å². The molecule has 0 aliphatic carbocycles. The number of pyridine rings is 2. The molecule has 5 rings (SSSR count). The van der Waals surface area contributed by atoms with E-state index in [2.05, 4.69) is 38.2 Å². The number of para-hydroxylation sites is 1. The molecule has 37 heavy (non-hydrogen) atoms. The van der Waals surface area contributed by atoms with Crippen LogP contribution in [-0.4, -0.2) is 37.0 Å². The lowest BCUT2D eigenvalue weighted by atomic mass is 9.96. The Kier molecular flexibility index (Phi) is 6.96. The Morgan fingerprint density at radius 2 is 1.78 bits per heavy atom. The minimum Gasteiger partial charge on any atom is -0.352 e. The molecule has 1 amide bonds. The standard InChI is InChI=1S/C28H27FN6OS/c1-18-17-20(19(2)35(18)24-12-6-8-15-31-24)27-26(23-11-5-7-14-30-23)33-28(37)34(27)16-13-25(36)32-22-10-4-3-9-21(22)29/h3-12,14-15,17,26-27H,13,16H2,1-2H3,(H,32,36)(H,33,37)/t26-,27-/m1/s1. The van der Waals surface area contributed by atoms with Gasteiger partial charge in [0.2, 0.25) is 5.91 Å². The second-order valence-corrected chi connectivity index (χ2v) is 9.33. The van der Waals surface area contributed by atoms with Crippen LogP contribution in [0.15, 0.2) is 79.1 Å². The fraction of sp³-hybridized carbons (Fsp3) is 0.214. The highest BCUT2D eigenvalue weighted by Gasteiger charge is 2.41. The van der Waals surface area contributed by atoms with Crippen molar-refractivity contribution in [2.24, 2.45) is 0 Å². The van der Waals surface area contributed by atoms with E-state index < -0.39 is 5.82 Å². The molecule has 188 valence electrons. The van der Waals surface area contributed by atoms with Crippen molar-refractivity contribution in [1.29, 1.82) is 0 Å². The molecule has 1 saturated heterocycles. The minimum atomic E-state index is -0.468. The fourth-order valence-electron chi connectivity index (χ4n) is 4.91. The van der Waals surface area contributed by atoms with Crippen LogP contribution in [0, 0.1) is 19.7 Å². The highest BCUT2D eigenvalue weighted by molar-refractivity contribution is 7.80. The van der Waals surface area contributed by atoms with Gasteiger partial charge in [0.1, 0.15) is 11.6 Å². The predicted molar refractivity (Wildman–Crippen MR) is 145 cm³/mol. The molecule has 3 aromatic heterocycles. The summed E-state index contributed by atoms with van der Waals surface area (Å²) in [6.45, 7) is 4.47. The number of anilines is 1. The first kappa shape index (κ1) is 24.6. The summed E-state index contributed by atoms with van der Waals surface area (Å²) in [5.41, 5.74) is 4.17. The van der Waals surface area contributed by atoms with Gasteiger partial charge in [-0.1, -0.05) is 24.3 Å². The predicted octanol–water partition coefficient (Wildman–Crippen LogP) is 5.02. The van der Waals surface area contributed by atoms with Crippen LogP contribution in [-0.2, 0) is 4.79 Å². The summed E-state index contributed by atoms with van der Waals surface area (Å²) in [4.78, 5) is 23.9. The number of carbonyl (C=O) groups excluding carboxylic acids is 1. The third kappa shape index (κ3) is 4.95. The normalized spacial score (nSPS) is 17.1. The molecule has 2 N–H and O–H groups in total. The third-order valence-electron chi connectivity index (χ3n) is 6.59. The maximum absolute atomic E-state index is 14.0. The quantitative estimate of drug-likeness (QED) is 0.337. The molecule has 9 heteroatoms. The number of aromatic nitrogens is 3. The first-order valence-corrected chi connectivity index (χ1v) is 12.5. The van der Waals surface area contributed by atoms with Crippen LogP contribution in [0.4, 0.5) is 10.1 Å². The molecule has 0 spiro atoms. The molecular weight excluding hydrogens is 487 g/mol. The summed E-state index contributed by atoms with van der Waals surface area (Å²) >= 11 is 5.75. The van der Waals surface area contributed by atoms with Crippen molar-refractivity contribution in [3.05, 3.63) is 108 Å². The van der Waals surface area contributed by atoms with Gasteiger partial charge >= 0.3 is 0 Å². The first-order chi connectivity index (χ1) is 17.9. The summed E-state index contributed by atoms with van der Waals surface area (Å²) in [6, 6.07) is 19.5. The Balaban J connectivity index is 1.47. The Morgan fingerprint density at radius 1 is 1.05 bits per heavy atom. The van der Waals surface area contributed by atoms with E-state index >= 15 is 0 Å². The molecular formula is C28H27FN6OS. The number of hydrogen-bond donors (Lipinski definition) is 2. The highest BCUT2D eigenvalue weighted by atomic mass is 32.1. The van der Waals surface area contributed by atoms with Crippen LogP contribution in [0.5, 0.6) is 0 Å². The van der Waals surface area contributed by atoms with E-state index in [-0.39, 0.29) is 30.1 Å². The van der Waals surface area contributed by atoms with E-state index in [0.717, 1.165) is 28.5 Å². The zero-order valence-corrected chi connectivity index (χ0v) is 21.4. The van der Waals surface area contributed by atoms with E-state index in [0.29, 0.717) is 11.7 Å². The number of benzene rings is 1. The molecule has 4 heterocycles. The number of amides is 1. The van der Waals surface area contributed by atoms with Gasteiger partial charge in [0.15, 0.2) is 5.11 Å². The van der Waals surface area contributed by atoms with Crippen molar-refractivity contribution in [3.63, 3.8) is 0 Å². The number of hydrogen-bond acceptors (Lipinski definition) is 4. The first-order valence-electron chi connectivity index (χ1n) is 12.1. The maximum Gasteiger partial charge on any atom is 0.226 e. The van der Waals surface area contributed by atoms with Gasteiger partial charge in [0.05, 0.1) is 23.5 Å². The number of thiocarbonyl (C=S) groups is 1. The molecule has 0 bridgehead atoms. The lowest BCUT2D eigenvalue weighted by Gasteiger charge is -2.28. The molecule has 0 saturated carbocycles. The number of aryl methyl sites for hydroxylation is 1. The van der Waals surface area contributed by atoms with Crippen LogP contribution in [0.2, 0.25) is 0 Å². The van der Waals surface area contributed by atoms with Crippen molar-refractivity contribution in [3.8, 4) is 5.82 Å². The lowest BCUT2D eigenvalue weighted by Crippen LogP contribution is -2.33. The van der Waals surface area contributed by atoms with Crippen LogP contribution in [0.25, 0.3) is 5.82 Å². The summed E-state index contributed by atoms with van der Waals surface area (Å²) in [7, 11) is 0. The Morgan fingerprint density at radius 3 is 2.49 bits per heavy atom. The molecule has 2 atom stereocenters. The van der Waals surface area contributed by atoms with E-state index in [1.807, 2.05) is 48.2 Å². The smallest absolute Gasteiger partial charge is 0.226 e. The maximum atomic E-state index is 14.0. The molecule has 4 aromatic rings. The van der Waals surface area contributed by atoms with Gasteiger partial charge in [-0.05, 0) is 74.1 Å². The third-order valence-corrected chi connectivity index (χ3v) is 6.95. The van der Waals surface area contributed by atoms with Crippen molar-refractivity contribution in [1.82, 2.24) is 24.8 Å². The minimum absolute atomic E-state index is 0.139. The molecule has 0 radical (unpaired) electrons. The summed E-state index contributed by atoms with van der Waals surface area (Å²) < 4.78 is 16.2. The van der Waals surface area contributed by atoms with E-state index in [1.165, 1.54) is 6.07 Å². The van der Waals surface area contributed by atoms with Crippen molar-refractivity contribution in [2.45, 2.75) is 32.4 Å². The Bertz CT molecular complexity index is 1430.